The summed E-state index contributed by atoms with van der Waals surface area (Å²) >= 11 is 3.08. The molecule has 0 saturated heterocycles. The van der Waals surface area contributed by atoms with Gasteiger partial charge in [-0.05, 0) is 46.8 Å². The molecular formula is C14H17BrFNO2. The molecule has 0 unspecified atom stereocenters. The number of nitrogens with zero attached hydrogens (tertiary/aromatic N) is 1. The topological polar surface area (TPSA) is 29.5 Å². The molecule has 104 valence electrons. The minimum Gasteiger partial charge on any atom is -0.379 e. The summed E-state index contributed by atoms with van der Waals surface area (Å²) in [6, 6.07) is 4.71. The Morgan fingerprint density at radius 1 is 1.53 bits per heavy atom. The third-order valence-corrected chi connectivity index (χ3v) is 3.76. The third kappa shape index (κ3) is 4.01. The second-order valence-electron chi connectivity index (χ2n) is 4.85. The van der Waals surface area contributed by atoms with Crippen molar-refractivity contribution < 1.29 is 13.9 Å². The molecule has 0 spiro atoms. The van der Waals surface area contributed by atoms with Gasteiger partial charge in [0.2, 0.25) is 0 Å². The van der Waals surface area contributed by atoms with E-state index in [0.29, 0.717) is 23.5 Å². The van der Waals surface area contributed by atoms with Gasteiger partial charge >= 0.3 is 0 Å². The van der Waals surface area contributed by atoms with E-state index in [-0.39, 0.29) is 11.5 Å². The highest BCUT2D eigenvalue weighted by Crippen LogP contribution is 2.28. The number of rotatable bonds is 6. The zero-order valence-corrected chi connectivity index (χ0v) is 12.5. The fourth-order valence-electron chi connectivity index (χ4n) is 1.71. The van der Waals surface area contributed by atoms with Crippen molar-refractivity contribution in [2.45, 2.75) is 12.8 Å². The first-order chi connectivity index (χ1) is 9.09. The number of hydrogen-bond acceptors (Lipinski definition) is 2. The van der Waals surface area contributed by atoms with Gasteiger partial charge in [0.15, 0.2) is 0 Å². The van der Waals surface area contributed by atoms with Gasteiger partial charge in [-0.25, -0.2) is 4.39 Å². The van der Waals surface area contributed by atoms with Crippen LogP contribution >= 0.6 is 15.9 Å². The molecule has 1 aliphatic rings. The smallest absolute Gasteiger partial charge is 0.256 e. The monoisotopic (exact) mass is 329 g/mol. The lowest BCUT2D eigenvalue weighted by molar-refractivity contribution is 0.0677. The van der Waals surface area contributed by atoms with Crippen LogP contribution in [-0.4, -0.2) is 37.6 Å². The fourth-order valence-corrected chi connectivity index (χ4v) is 2.08. The zero-order chi connectivity index (χ0) is 13.8. The zero-order valence-electron chi connectivity index (χ0n) is 10.9. The van der Waals surface area contributed by atoms with E-state index >= 15 is 0 Å². The summed E-state index contributed by atoms with van der Waals surface area (Å²) < 4.78 is 19.6. The number of amides is 1. The van der Waals surface area contributed by atoms with Gasteiger partial charge in [0.1, 0.15) is 5.82 Å². The maximum Gasteiger partial charge on any atom is 0.256 e. The fraction of sp³-hybridized carbons (Fsp3) is 0.500. The minimum atomic E-state index is -0.516. The molecule has 5 heteroatoms. The Balaban J connectivity index is 1.84. The summed E-state index contributed by atoms with van der Waals surface area (Å²) in [5, 5.41) is 0. The molecule has 1 amide bonds. The molecule has 1 saturated carbocycles. The molecule has 0 aliphatic heterocycles. The van der Waals surface area contributed by atoms with E-state index in [0.717, 1.165) is 6.61 Å². The van der Waals surface area contributed by atoms with Crippen LogP contribution in [0, 0.1) is 11.7 Å². The molecule has 1 aromatic rings. The number of halogens is 2. The quantitative estimate of drug-likeness (QED) is 0.750. The molecule has 0 atom stereocenters. The van der Waals surface area contributed by atoms with E-state index < -0.39 is 5.82 Å². The lowest BCUT2D eigenvalue weighted by atomic mass is 10.2. The van der Waals surface area contributed by atoms with Crippen molar-refractivity contribution in [2.24, 2.45) is 5.92 Å². The molecule has 1 fully saturated rings. The van der Waals surface area contributed by atoms with Gasteiger partial charge in [0, 0.05) is 20.2 Å². The maximum atomic E-state index is 13.8. The van der Waals surface area contributed by atoms with E-state index in [2.05, 4.69) is 15.9 Å². The molecule has 2 rings (SSSR count). The summed E-state index contributed by atoms with van der Waals surface area (Å²) in [5.74, 6) is -0.129. The summed E-state index contributed by atoms with van der Waals surface area (Å²) in [7, 11) is 1.66. The molecule has 0 N–H and O–H groups in total. The van der Waals surface area contributed by atoms with Crippen LogP contribution in [0.4, 0.5) is 4.39 Å². The SMILES string of the molecule is CN(CCOCC1CC1)C(=O)c1cccc(Br)c1F. The number of ether oxygens (including phenoxy) is 1. The van der Waals surface area contributed by atoms with Crippen molar-refractivity contribution in [2.75, 3.05) is 26.8 Å². The normalized spacial score (nSPS) is 14.5. The van der Waals surface area contributed by atoms with Crippen molar-refractivity contribution in [1.82, 2.24) is 4.90 Å². The predicted molar refractivity (Wildman–Crippen MR) is 74.6 cm³/mol. The van der Waals surface area contributed by atoms with Crippen LogP contribution in [0.3, 0.4) is 0 Å². The summed E-state index contributed by atoms with van der Waals surface area (Å²) in [5.41, 5.74) is 0.0825. The van der Waals surface area contributed by atoms with Crippen LogP contribution in [0.1, 0.15) is 23.2 Å². The Labute approximate surface area is 120 Å². The van der Waals surface area contributed by atoms with Crippen LogP contribution in [-0.2, 0) is 4.74 Å². The van der Waals surface area contributed by atoms with Crippen LogP contribution < -0.4 is 0 Å². The second-order valence-corrected chi connectivity index (χ2v) is 5.70. The van der Waals surface area contributed by atoms with Crippen LogP contribution in [0.5, 0.6) is 0 Å². The third-order valence-electron chi connectivity index (χ3n) is 3.15. The van der Waals surface area contributed by atoms with E-state index in [9.17, 15) is 9.18 Å². The number of carbonyl (C=O) groups excluding carboxylic acids is 1. The largest absolute Gasteiger partial charge is 0.379 e. The number of carbonyl (C=O) groups is 1. The Hall–Kier alpha value is -0.940. The van der Waals surface area contributed by atoms with E-state index in [4.69, 9.17) is 4.74 Å². The van der Waals surface area contributed by atoms with Crippen LogP contribution in [0.15, 0.2) is 22.7 Å². The molecule has 0 radical (unpaired) electrons. The van der Waals surface area contributed by atoms with Crippen molar-refractivity contribution >= 4 is 21.8 Å². The first-order valence-corrected chi connectivity index (χ1v) is 7.16. The van der Waals surface area contributed by atoms with Gasteiger partial charge in [-0.2, -0.15) is 0 Å². The molecule has 1 aromatic carbocycles. The van der Waals surface area contributed by atoms with Gasteiger partial charge < -0.3 is 9.64 Å². The molecule has 3 nitrogen and oxygen atoms in total. The molecule has 0 heterocycles. The first-order valence-electron chi connectivity index (χ1n) is 6.37. The van der Waals surface area contributed by atoms with E-state index in [1.807, 2.05) is 0 Å². The average Bonchev–Trinajstić information content (AvgIpc) is 3.21. The van der Waals surface area contributed by atoms with Crippen LogP contribution in [0.2, 0.25) is 0 Å². The lowest BCUT2D eigenvalue weighted by Gasteiger charge is -2.17. The average molecular weight is 330 g/mol. The van der Waals surface area contributed by atoms with Crippen LogP contribution in [0.25, 0.3) is 0 Å². The van der Waals surface area contributed by atoms with Gasteiger partial charge in [0.25, 0.3) is 5.91 Å². The van der Waals surface area contributed by atoms with E-state index in [1.54, 1.807) is 19.2 Å². The summed E-state index contributed by atoms with van der Waals surface area (Å²) in [6.07, 6.45) is 2.50. The standard InChI is InChI=1S/C14H17BrFNO2/c1-17(7-8-19-9-10-5-6-10)14(18)11-3-2-4-12(15)13(11)16/h2-4,10H,5-9H2,1H3. The Bertz CT molecular complexity index is 463. The van der Waals surface area contributed by atoms with Gasteiger partial charge in [0.05, 0.1) is 16.6 Å². The summed E-state index contributed by atoms with van der Waals surface area (Å²) in [6.45, 7) is 1.74. The lowest BCUT2D eigenvalue weighted by Crippen LogP contribution is -2.31. The predicted octanol–water partition coefficient (Wildman–Crippen LogP) is 3.09. The summed E-state index contributed by atoms with van der Waals surface area (Å²) in [4.78, 5) is 13.6. The van der Waals surface area contributed by atoms with Gasteiger partial charge in [-0.3, -0.25) is 4.79 Å². The van der Waals surface area contributed by atoms with Crippen molar-refractivity contribution in [3.63, 3.8) is 0 Å². The van der Waals surface area contributed by atoms with Gasteiger partial charge in [-0.1, -0.05) is 6.07 Å². The maximum absolute atomic E-state index is 13.8. The van der Waals surface area contributed by atoms with E-state index in [1.165, 1.54) is 23.8 Å². The minimum absolute atomic E-state index is 0.0825. The van der Waals surface area contributed by atoms with Crippen molar-refractivity contribution in [1.29, 1.82) is 0 Å². The molecule has 19 heavy (non-hydrogen) atoms. The highest BCUT2D eigenvalue weighted by atomic mass is 79.9. The molecular weight excluding hydrogens is 313 g/mol. The molecule has 0 bridgehead atoms. The van der Waals surface area contributed by atoms with Crippen molar-refractivity contribution in [3.05, 3.63) is 34.1 Å². The second kappa shape index (κ2) is 6.48. The number of hydrogen-bond donors (Lipinski definition) is 0. The van der Waals surface area contributed by atoms with Gasteiger partial charge in [-0.15, -0.1) is 0 Å². The number of likely N-dealkylation sites (N-methyl/N-ethyl adjacent to an activating group) is 1. The molecule has 0 aromatic heterocycles. The first kappa shape index (κ1) is 14.5. The number of benzene rings is 1. The Morgan fingerprint density at radius 2 is 2.26 bits per heavy atom. The Kier molecular flexibility index (Phi) is 4.93. The molecule has 1 aliphatic carbocycles. The highest BCUT2D eigenvalue weighted by Gasteiger charge is 2.21. The van der Waals surface area contributed by atoms with Crippen molar-refractivity contribution in [3.8, 4) is 0 Å². The highest BCUT2D eigenvalue weighted by molar-refractivity contribution is 9.10. The Morgan fingerprint density at radius 3 is 2.95 bits per heavy atom.